The summed E-state index contributed by atoms with van der Waals surface area (Å²) in [6.45, 7) is 2.01. The number of benzene rings is 2. The molecule has 0 atom stereocenters. The number of hydrogen-bond donors (Lipinski definition) is 3. The Balaban J connectivity index is 1.79. The van der Waals surface area contributed by atoms with Gasteiger partial charge in [-0.1, -0.05) is 22.0 Å². The van der Waals surface area contributed by atoms with Gasteiger partial charge in [-0.2, -0.15) is 0 Å². The van der Waals surface area contributed by atoms with E-state index < -0.39 is 0 Å². The molecule has 25 heavy (non-hydrogen) atoms. The van der Waals surface area contributed by atoms with Crippen LogP contribution in [0.2, 0.25) is 0 Å². The van der Waals surface area contributed by atoms with Crippen LogP contribution in [0.1, 0.15) is 27.6 Å². The van der Waals surface area contributed by atoms with E-state index in [-0.39, 0.29) is 17.7 Å². The Morgan fingerprint density at radius 2 is 1.48 bits per heavy atom. The predicted molar refractivity (Wildman–Crippen MR) is 99.6 cm³/mol. The summed E-state index contributed by atoms with van der Waals surface area (Å²) in [5, 5.41) is 8.08. The second-order valence-corrected chi connectivity index (χ2v) is 6.20. The zero-order valence-electron chi connectivity index (χ0n) is 13.6. The van der Waals surface area contributed by atoms with Crippen molar-refractivity contribution in [2.75, 3.05) is 18.4 Å². The van der Waals surface area contributed by atoms with Gasteiger partial charge in [0.25, 0.3) is 11.8 Å². The van der Waals surface area contributed by atoms with Gasteiger partial charge in [-0.25, -0.2) is 0 Å². The minimum Gasteiger partial charge on any atom is -0.350 e. The number of carbonyl (C=O) groups excluding carboxylic acids is 3. The monoisotopic (exact) mass is 403 g/mol. The van der Waals surface area contributed by atoms with Crippen molar-refractivity contribution in [3.8, 4) is 0 Å². The molecule has 0 aliphatic rings. The maximum absolute atomic E-state index is 12.1. The molecule has 2 aromatic rings. The van der Waals surface area contributed by atoms with E-state index in [1.165, 1.54) is 6.92 Å². The summed E-state index contributed by atoms with van der Waals surface area (Å²) < 4.78 is 0.901. The lowest BCUT2D eigenvalue weighted by atomic mass is 10.2. The number of nitrogens with one attached hydrogen (secondary N) is 3. The highest BCUT2D eigenvalue weighted by Crippen LogP contribution is 2.11. The Morgan fingerprint density at radius 3 is 2.08 bits per heavy atom. The molecule has 3 amide bonds. The van der Waals surface area contributed by atoms with Crippen LogP contribution >= 0.6 is 15.9 Å². The van der Waals surface area contributed by atoms with Crippen molar-refractivity contribution in [1.29, 1.82) is 0 Å². The standard InChI is InChI=1S/C18H18BrN3O3/c1-12(23)22-16-4-2-3-14(11-16)18(25)21-10-9-20-17(24)13-5-7-15(19)8-6-13/h2-8,11H,9-10H2,1H3,(H,20,24)(H,21,25)(H,22,23). The van der Waals surface area contributed by atoms with Crippen LogP contribution in [0.5, 0.6) is 0 Å². The fraction of sp³-hybridized carbons (Fsp3) is 0.167. The zero-order valence-corrected chi connectivity index (χ0v) is 15.2. The van der Waals surface area contributed by atoms with Gasteiger partial charge in [0.05, 0.1) is 0 Å². The van der Waals surface area contributed by atoms with E-state index in [9.17, 15) is 14.4 Å². The molecule has 0 aliphatic heterocycles. The average Bonchev–Trinajstić information content (AvgIpc) is 2.58. The molecule has 0 bridgehead atoms. The topological polar surface area (TPSA) is 87.3 Å². The lowest BCUT2D eigenvalue weighted by Crippen LogP contribution is -2.34. The SMILES string of the molecule is CC(=O)Nc1cccc(C(=O)NCCNC(=O)c2ccc(Br)cc2)c1. The Kier molecular flexibility index (Phi) is 6.71. The van der Waals surface area contributed by atoms with Gasteiger partial charge in [-0.3, -0.25) is 14.4 Å². The van der Waals surface area contributed by atoms with Gasteiger partial charge in [-0.05, 0) is 42.5 Å². The minimum absolute atomic E-state index is 0.200. The van der Waals surface area contributed by atoms with Crippen LogP contribution in [0.15, 0.2) is 53.0 Å². The quantitative estimate of drug-likeness (QED) is 0.647. The average molecular weight is 404 g/mol. The molecule has 2 aromatic carbocycles. The van der Waals surface area contributed by atoms with E-state index in [2.05, 4.69) is 31.9 Å². The summed E-state index contributed by atoms with van der Waals surface area (Å²) in [6, 6.07) is 13.7. The largest absolute Gasteiger partial charge is 0.350 e. The van der Waals surface area contributed by atoms with E-state index in [0.29, 0.717) is 29.9 Å². The van der Waals surface area contributed by atoms with Crippen LogP contribution in [-0.2, 0) is 4.79 Å². The smallest absolute Gasteiger partial charge is 0.251 e. The van der Waals surface area contributed by atoms with Crippen LogP contribution in [0.3, 0.4) is 0 Å². The van der Waals surface area contributed by atoms with Crippen LogP contribution in [0, 0.1) is 0 Å². The molecule has 0 unspecified atom stereocenters. The number of anilines is 1. The molecule has 6 nitrogen and oxygen atoms in total. The highest BCUT2D eigenvalue weighted by Gasteiger charge is 2.07. The van der Waals surface area contributed by atoms with Gasteiger partial charge in [0.2, 0.25) is 5.91 Å². The fourth-order valence-corrected chi connectivity index (χ4v) is 2.36. The molecular weight excluding hydrogens is 386 g/mol. The third-order valence-corrected chi connectivity index (χ3v) is 3.78. The van der Waals surface area contributed by atoms with Crippen molar-refractivity contribution in [2.45, 2.75) is 6.92 Å². The molecule has 0 aromatic heterocycles. The van der Waals surface area contributed by atoms with Crippen LogP contribution in [0.4, 0.5) is 5.69 Å². The molecule has 0 heterocycles. The first-order chi connectivity index (χ1) is 12.0. The highest BCUT2D eigenvalue weighted by molar-refractivity contribution is 9.10. The predicted octanol–water partition coefficient (Wildman–Crippen LogP) is 2.57. The first-order valence-electron chi connectivity index (χ1n) is 7.65. The first kappa shape index (κ1) is 18.7. The number of carbonyl (C=O) groups is 3. The van der Waals surface area contributed by atoms with Crippen molar-refractivity contribution in [3.63, 3.8) is 0 Å². The Bertz CT molecular complexity index is 775. The van der Waals surface area contributed by atoms with Gasteiger partial charge < -0.3 is 16.0 Å². The van der Waals surface area contributed by atoms with Crippen molar-refractivity contribution in [2.24, 2.45) is 0 Å². The number of hydrogen-bond acceptors (Lipinski definition) is 3. The Morgan fingerprint density at radius 1 is 0.880 bits per heavy atom. The third-order valence-electron chi connectivity index (χ3n) is 3.25. The Labute approximate surface area is 154 Å². The summed E-state index contributed by atoms with van der Waals surface area (Å²) in [5.41, 5.74) is 1.55. The van der Waals surface area contributed by atoms with Crippen molar-refractivity contribution < 1.29 is 14.4 Å². The molecule has 130 valence electrons. The fourth-order valence-electron chi connectivity index (χ4n) is 2.10. The molecule has 0 aliphatic carbocycles. The molecule has 0 spiro atoms. The highest BCUT2D eigenvalue weighted by atomic mass is 79.9. The summed E-state index contributed by atoms with van der Waals surface area (Å²) in [7, 11) is 0. The summed E-state index contributed by atoms with van der Waals surface area (Å²) in [6.07, 6.45) is 0. The van der Waals surface area contributed by atoms with Gasteiger partial charge in [0.15, 0.2) is 0 Å². The van der Waals surface area contributed by atoms with Crippen molar-refractivity contribution >= 4 is 39.3 Å². The maximum Gasteiger partial charge on any atom is 0.251 e. The molecule has 2 rings (SSSR count). The molecule has 7 heteroatoms. The van der Waals surface area contributed by atoms with Gasteiger partial charge in [0, 0.05) is 41.3 Å². The maximum atomic E-state index is 12.1. The van der Waals surface area contributed by atoms with Crippen LogP contribution in [-0.4, -0.2) is 30.8 Å². The third kappa shape index (κ3) is 6.04. The molecule has 0 saturated heterocycles. The zero-order chi connectivity index (χ0) is 18.2. The molecule has 0 fully saturated rings. The van der Waals surface area contributed by atoms with Gasteiger partial charge >= 0.3 is 0 Å². The minimum atomic E-state index is -0.273. The summed E-state index contributed by atoms with van der Waals surface area (Å²) >= 11 is 3.31. The summed E-state index contributed by atoms with van der Waals surface area (Å²) in [4.78, 5) is 35.1. The molecule has 0 radical (unpaired) electrons. The Hall–Kier alpha value is -2.67. The van der Waals surface area contributed by atoms with Gasteiger partial charge in [-0.15, -0.1) is 0 Å². The van der Waals surface area contributed by atoms with Crippen molar-refractivity contribution in [3.05, 3.63) is 64.1 Å². The van der Waals surface area contributed by atoms with E-state index in [0.717, 1.165) is 4.47 Å². The van der Waals surface area contributed by atoms with Crippen LogP contribution < -0.4 is 16.0 Å². The molecule has 0 saturated carbocycles. The molecular formula is C18H18BrN3O3. The van der Waals surface area contributed by atoms with E-state index in [4.69, 9.17) is 0 Å². The lowest BCUT2D eigenvalue weighted by molar-refractivity contribution is -0.114. The lowest BCUT2D eigenvalue weighted by Gasteiger charge is -2.08. The van der Waals surface area contributed by atoms with Crippen LogP contribution in [0.25, 0.3) is 0 Å². The van der Waals surface area contributed by atoms with E-state index >= 15 is 0 Å². The second-order valence-electron chi connectivity index (χ2n) is 5.28. The van der Waals surface area contributed by atoms with Crippen molar-refractivity contribution in [1.82, 2.24) is 10.6 Å². The van der Waals surface area contributed by atoms with E-state index in [1.807, 2.05) is 0 Å². The number of halogens is 1. The number of rotatable bonds is 6. The van der Waals surface area contributed by atoms with E-state index in [1.54, 1.807) is 48.5 Å². The second kappa shape index (κ2) is 8.98. The number of amides is 3. The summed E-state index contributed by atoms with van der Waals surface area (Å²) in [5.74, 6) is -0.673. The van der Waals surface area contributed by atoms with Gasteiger partial charge in [0.1, 0.15) is 0 Å². The normalized spacial score (nSPS) is 10.0. The first-order valence-corrected chi connectivity index (χ1v) is 8.44. The molecule has 3 N–H and O–H groups in total.